The lowest BCUT2D eigenvalue weighted by molar-refractivity contribution is -0.143. The Hall–Kier alpha value is -3.65. The molecule has 0 aliphatic heterocycles. The van der Waals surface area contributed by atoms with Crippen LogP contribution in [0.2, 0.25) is 5.02 Å². The van der Waals surface area contributed by atoms with Gasteiger partial charge < -0.3 is 10.2 Å². The topological polar surface area (TPSA) is 94.9 Å². The van der Waals surface area contributed by atoms with Crippen molar-refractivity contribution in [2.24, 2.45) is 0 Å². The normalized spacial score (nSPS) is 19.0. The third-order valence-electron chi connectivity index (χ3n) is 6.81. The lowest BCUT2D eigenvalue weighted by atomic mass is 10.1. The van der Waals surface area contributed by atoms with Gasteiger partial charge in [0.2, 0.25) is 10.0 Å². The minimum atomic E-state index is -4.25. The molecule has 188 valence electrons. The van der Waals surface area contributed by atoms with Crippen molar-refractivity contribution in [2.45, 2.75) is 29.3 Å². The molecule has 0 heterocycles. The molecule has 6 nitrogen and oxygen atoms in total. The highest BCUT2D eigenvalue weighted by Gasteiger charge is 2.67. The molecule has 2 N–H and O–H groups in total. The van der Waals surface area contributed by atoms with E-state index in [0.717, 1.165) is 21.0 Å². The standard InChI is InChI=1S/C29H24ClNO5S/c30-24-13-9-21(10-14-24)22-11-15-26(16-12-22)37(35,36)31(19-20-5-4-8-25(32)17-20)29(28(33)34)18-27(29)23-6-2-1-3-7-23/h1-17,27,32H,18-19H2,(H,33,34). The Balaban J connectivity index is 1.57. The van der Waals surface area contributed by atoms with Gasteiger partial charge in [-0.25, -0.2) is 8.42 Å². The second kappa shape index (κ2) is 9.67. The number of carbonyl (C=O) groups is 1. The van der Waals surface area contributed by atoms with E-state index in [2.05, 4.69) is 0 Å². The molecule has 5 rings (SSSR count). The first-order chi connectivity index (χ1) is 17.7. The molecule has 1 aliphatic carbocycles. The van der Waals surface area contributed by atoms with Crippen LogP contribution in [0.4, 0.5) is 0 Å². The minimum absolute atomic E-state index is 0.00953. The van der Waals surface area contributed by atoms with E-state index in [1.165, 1.54) is 24.3 Å². The first kappa shape index (κ1) is 25.0. The molecule has 2 unspecified atom stereocenters. The third-order valence-corrected chi connectivity index (χ3v) is 8.96. The molecule has 2 atom stereocenters. The van der Waals surface area contributed by atoms with Gasteiger partial charge in [-0.15, -0.1) is 0 Å². The van der Waals surface area contributed by atoms with Gasteiger partial charge in [-0.2, -0.15) is 4.31 Å². The van der Waals surface area contributed by atoms with Crippen LogP contribution in [0, 0.1) is 0 Å². The zero-order valence-electron chi connectivity index (χ0n) is 19.7. The third kappa shape index (κ3) is 4.73. The van der Waals surface area contributed by atoms with Gasteiger partial charge in [0.05, 0.1) is 4.90 Å². The highest BCUT2D eigenvalue weighted by atomic mass is 35.5. The van der Waals surface area contributed by atoms with Crippen LogP contribution in [-0.4, -0.2) is 34.4 Å². The molecular formula is C29H24ClNO5S. The van der Waals surface area contributed by atoms with Crippen LogP contribution < -0.4 is 0 Å². The summed E-state index contributed by atoms with van der Waals surface area (Å²) >= 11 is 5.98. The molecule has 0 saturated heterocycles. The number of phenolic OH excluding ortho intramolecular Hbond substituents is 1. The van der Waals surface area contributed by atoms with Crippen molar-refractivity contribution >= 4 is 27.6 Å². The van der Waals surface area contributed by atoms with Crippen LogP contribution in [-0.2, 0) is 21.4 Å². The van der Waals surface area contributed by atoms with Gasteiger partial charge in [-0.1, -0.05) is 78.3 Å². The van der Waals surface area contributed by atoms with Gasteiger partial charge in [0.15, 0.2) is 0 Å². The van der Waals surface area contributed by atoms with Crippen LogP contribution in [0.3, 0.4) is 0 Å². The Kier molecular flexibility index (Phi) is 6.54. The van der Waals surface area contributed by atoms with Gasteiger partial charge in [0.25, 0.3) is 0 Å². The van der Waals surface area contributed by atoms with E-state index in [0.29, 0.717) is 10.6 Å². The number of hydrogen-bond acceptors (Lipinski definition) is 4. The summed E-state index contributed by atoms with van der Waals surface area (Å²) in [6, 6.07) is 28.8. The first-order valence-electron chi connectivity index (χ1n) is 11.7. The monoisotopic (exact) mass is 533 g/mol. The molecule has 4 aromatic carbocycles. The number of hydrogen-bond donors (Lipinski definition) is 2. The molecule has 1 aliphatic rings. The number of aliphatic carboxylic acids is 1. The van der Waals surface area contributed by atoms with Crippen LogP contribution in [0.1, 0.15) is 23.5 Å². The van der Waals surface area contributed by atoms with Crippen LogP contribution in [0.5, 0.6) is 5.75 Å². The maximum Gasteiger partial charge on any atom is 0.325 e. The van der Waals surface area contributed by atoms with Crippen molar-refractivity contribution in [1.82, 2.24) is 4.31 Å². The number of phenols is 1. The molecule has 1 fully saturated rings. The van der Waals surface area contributed by atoms with E-state index < -0.39 is 27.4 Å². The quantitative estimate of drug-likeness (QED) is 0.293. The SMILES string of the molecule is O=C(O)C1(N(Cc2cccc(O)c2)S(=O)(=O)c2ccc(-c3ccc(Cl)cc3)cc2)CC1c1ccccc1. The highest BCUT2D eigenvalue weighted by Crippen LogP contribution is 2.57. The van der Waals surface area contributed by atoms with E-state index in [4.69, 9.17) is 11.6 Å². The summed E-state index contributed by atoms with van der Waals surface area (Å²) in [4.78, 5) is 12.7. The predicted octanol–water partition coefficient (Wildman–Crippen LogP) is 5.91. The minimum Gasteiger partial charge on any atom is -0.508 e. The van der Waals surface area contributed by atoms with Gasteiger partial charge in [-0.3, -0.25) is 4.79 Å². The zero-order valence-corrected chi connectivity index (χ0v) is 21.2. The average molecular weight is 534 g/mol. The number of carboxylic acids is 1. The van der Waals surface area contributed by atoms with Gasteiger partial charge in [-0.05, 0) is 65.1 Å². The summed E-state index contributed by atoms with van der Waals surface area (Å²) in [5, 5.41) is 21.0. The fourth-order valence-electron chi connectivity index (χ4n) is 4.80. The Labute approximate surface area is 220 Å². The molecule has 0 spiro atoms. The van der Waals surface area contributed by atoms with Gasteiger partial charge in [0, 0.05) is 17.5 Å². The predicted molar refractivity (Wildman–Crippen MR) is 142 cm³/mol. The second-order valence-electron chi connectivity index (χ2n) is 9.11. The summed E-state index contributed by atoms with van der Waals surface area (Å²) < 4.78 is 29.2. The summed E-state index contributed by atoms with van der Waals surface area (Å²) in [5.41, 5.74) is 1.27. The summed E-state index contributed by atoms with van der Waals surface area (Å²) in [6.07, 6.45) is 0.146. The van der Waals surface area contributed by atoms with Crippen molar-refractivity contribution in [2.75, 3.05) is 0 Å². The Morgan fingerprint density at radius 3 is 2.11 bits per heavy atom. The number of rotatable bonds is 8. The fourth-order valence-corrected chi connectivity index (χ4v) is 6.69. The Morgan fingerprint density at radius 1 is 0.892 bits per heavy atom. The molecule has 1 saturated carbocycles. The zero-order chi connectivity index (χ0) is 26.2. The van der Waals surface area contributed by atoms with E-state index in [1.54, 1.807) is 36.4 Å². The molecule has 0 aromatic heterocycles. The summed E-state index contributed by atoms with van der Waals surface area (Å²) in [5.74, 6) is -1.74. The second-order valence-corrected chi connectivity index (χ2v) is 11.4. The average Bonchev–Trinajstić information content (AvgIpc) is 3.65. The van der Waals surface area contributed by atoms with E-state index >= 15 is 0 Å². The molecule has 0 radical (unpaired) electrons. The van der Waals surface area contributed by atoms with Crippen molar-refractivity contribution in [3.8, 4) is 16.9 Å². The molecule has 8 heteroatoms. The van der Waals surface area contributed by atoms with Gasteiger partial charge in [0.1, 0.15) is 11.3 Å². The number of benzene rings is 4. The summed E-state index contributed by atoms with van der Waals surface area (Å²) in [6.45, 7) is -0.203. The van der Waals surface area contributed by atoms with Crippen LogP contribution >= 0.6 is 11.6 Å². The van der Waals surface area contributed by atoms with E-state index in [1.807, 2.05) is 42.5 Å². The largest absolute Gasteiger partial charge is 0.508 e. The number of nitrogens with zero attached hydrogens (tertiary/aromatic N) is 1. The van der Waals surface area contributed by atoms with Crippen molar-refractivity contribution in [3.05, 3.63) is 119 Å². The lowest BCUT2D eigenvalue weighted by Gasteiger charge is -2.30. The number of halogens is 1. The maximum atomic E-state index is 14.1. The van der Waals surface area contributed by atoms with Crippen molar-refractivity contribution in [3.63, 3.8) is 0 Å². The highest BCUT2D eigenvalue weighted by molar-refractivity contribution is 7.89. The van der Waals surface area contributed by atoms with Crippen molar-refractivity contribution < 1.29 is 23.4 Å². The molecule has 4 aromatic rings. The number of carboxylic acid groups (broad SMARTS) is 1. The van der Waals surface area contributed by atoms with E-state index in [-0.39, 0.29) is 23.6 Å². The lowest BCUT2D eigenvalue weighted by Crippen LogP contribution is -2.48. The van der Waals surface area contributed by atoms with Crippen molar-refractivity contribution in [1.29, 1.82) is 0 Å². The molecular weight excluding hydrogens is 510 g/mol. The number of aromatic hydroxyl groups is 1. The molecule has 37 heavy (non-hydrogen) atoms. The Bertz CT molecular complexity index is 1540. The van der Waals surface area contributed by atoms with Crippen LogP contribution in [0.25, 0.3) is 11.1 Å². The Morgan fingerprint density at radius 2 is 1.51 bits per heavy atom. The van der Waals surface area contributed by atoms with Gasteiger partial charge >= 0.3 is 5.97 Å². The summed E-state index contributed by atoms with van der Waals surface area (Å²) in [7, 11) is -4.25. The van der Waals surface area contributed by atoms with E-state index in [9.17, 15) is 23.4 Å². The maximum absolute atomic E-state index is 14.1. The smallest absolute Gasteiger partial charge is 0.325 e. The fraction of sp³-hybridized carbons (Fsp3) is 0.138. The molecule has 0 amide bonds. The number of sulfonamides is 1. The molecule has 0 bridgehead atoms. The first-order valence-corrected chi connectivity index (χ1v) is 13.5. The van der Waals surface area contributed by atoms with Crippen LogP contribution in [0.15, 0.2) is 108 Å².